The number of ether oxygens (including phenoxy) is 1. The number of epoxide rings is 1. The maximum absolute atomic E-state index is 9.41. The molecule has 1 aliphatic heterocycles. The van der Waals surface area contributed by atoms with Crippen molar-refractivity contribution < 1.29 is 14.9 Å². The Morgan fingerprint density at radius 2 is 1.60 bits per heavy atom. The summed E-state index contributed by atoms with van der Waals surface area (Å²) >= 11 is 0. The minimum absolute atomic E-state index is 0.0481. The summed E-state index contributed by atoms with van der Waals surface area (Å²) in [7, 11) is 0. The quantitative estimate of drug-likeness (QED) is 0.511. The van der Waals surface area contributed by atoms with E-state index in [1.54, 1.807) is 12.1 Å². The molecule has 1 saturated heterocycles. The predicted octanol–water partition coefficient (Wildman–Crippen LogP) is 2.27. The number of rotatable bonds is 0. The summed E-state index contributed by atoms with van der Waals surface area (Å²) in [4.78, 5) is 0. The summed E-state index contributed by atoms with van der Waals surface area (Å²) in [6.07, 6.45) is 0. The van der Waals surface area contributed by atoms with E-state index in [4.69, 9.17) is 5.11 Å². The number of hydrogen-bond acceptors (Lipinski definition) is 3. The summed E-state index contributed by atoms with van der Waals surface area (Å²) in [6.45, 7) is 2.00. The number of benzene rings is 2. The van der Waals surface area contributed by atoms with Crippen LogP contribution in [0, 0.1) is 0 Å². The van der Waals surface area contributed by atoms with Crippen LogP contribution < -0.4 is 0 Å². The highest BCUT2D eigenvalue weighted by atomic mass is 16.6. The summed E-state index contributed by atoms with van der Waals surface area (Å²) in [5.74, 6) is -0.123. The molecule has 2 aromatic rings. The Kier molecular flexibility index (Phi) is 2.74. The first-order valence-corrected chi connectivity index (χ1v) is 4.76. The minimum Gasteiger partial charge on any atom is -0.504 e. The molecular formula is C12H12O3. The molecule has 0 radical (unpaired) electrons. The Hall–Kier alpha value is -1.74. The van der Waals surface area contributed by atoms with Crippen molar-refractivity contribution in [1.82, 2.24) is 0 Å². The third kappa shape index (κ3) is 2.39. The second kappa shape index (κ2) is 4.19. The van der Waals surface area contributed by atoms with Crippen LogP contribution in [0.25, 0.3) is 10.8 Å². The van der Waals surface area contributed by atoms with E-state index < -0.39 is 0 Å². The van der Waals surface area contributed by atoms with Crippen LogP contribution in [0.4, 0.5) is 0 Å². The van der Waals surface area contributed by atoms with Gasteiger partial charge in [-0.2, -0.15) is 0 Å². The van der Waals surface area contributed by atoms with Gasteiger partial charge in [-0.15, -0.1) is 0 Å². The highest BCUT2D eigenvalue weighted by Crippen LogP contribution is 2.32. The van der Waals surface area contributed by atoms with Crippen LogP contribution in [0.5, 0.6) is 11.5 Å². The topological polar surface area (TPSA) is 53.0 Å². The Bertz CT molecular complexity index is 461. The predicted molar refractivity (Wildman–Crippen MR) is 58.1 cm³/mol. The Morgan fingerprint density at radius 1 is 0.933 bits per heavy atom. The Morgan fingerprint density at radius 3 is 2.27 bits per heavy atom. The van der Waals surface area contributed by atoms with E-state index >= 15 is 0 Å². The molecule has 0 saturated carbocycles. The standard InChI is InChI=1S/C10H8O2.C2H4O/c11-9-6-5-7-3-1-2-4-8(7)10(9)12;1-2-3-1/h1-6,11-12H;1-2H2. The summed E-state index contributed by atoms with van der Waals surface area (Å²) < 4.78 is 4.50. The molecule has 1 aliphatic rings. The molecule has 0 atom stereocenters. The molecule has 15 heavy (non-hydrogen) atoms. The number of aromatic hydroxyl groups is 2. The molecular weight excluding hydrogens is 192 g/mol. The van der Waals surface area contributed by atoms with Crippen molar-refractivity contribution in [2.45, 2.75) is 0 Å². The lowest BCUT2D eigenvalue weighted by Gasteiger charge is -2.01. The summed E-state index contributed by atoms with van der Waals surface area (Å²) in [6, 6.07) is 10.6. The normalized spacial score (nSPS) is 13.1. The average molecular weight is 204 g/mol. The summed E-state index contributed by atoms with van der Waals surface area (Å²) in [5.41, 5.74) is 0. The highest BCUT2D eigenvalue weighted by molar-refractivity contribution is 5.90. The Labute approximate surface area is 87.5 Å². The van der Waals surface area contributed by atoms with Crippen molar-refractivity contribution in [3.63, 3.8) is 0 Å². The zero-order valence-corrected chi connectivity index (χ0v) is 8.18. The van der Waals surface area contributed by atoms with E-state index in [2.05, 4.69) is 4.74 Å². The van der Waals surface area contributed by atoms with Gasteiger partial charge in [0.2, 0.25) is 0 Å². The van der Waals surface area contributed by atoms with Gasteiger partial charge in [0, 0.05) is 5.39 Å². The van der Waals surface area contributed by atoms with E-state index in [1.807, 2.05) is 18.2 Å². The monoisotopic (exact) mass is 204 g/mol. The van der Waals surface area contributed by atoms with Gasteiger partial charge in [-0.3, -0.25) is 0 Å². The lowest BCUT2D eigenvalue weighted by atomic mass is 10.1. The molecule has 2 N–H and O–H groups in total. The smallest absolute Gasteiger partial charge is 0.165 e. The lowest BCUT2D eigenvalue weighted by molar-refractivity contribution is 0.408. The van der Waals surface area contributed by atoms with Crippen LogP contribution in [0.2, 0.25) is 0 Å². The van der Waals surface area contributed by atoms with Crippen LogP contribution in [-0.4, -0.2) is 23.4 Å². The second-order valence-corrected chi connectivity index (χ2v) is 3.27. The van der Waals surface area contributed by atoms with Crippen molar-refractivity contribution in [3.05, 3.63) is 36.4 Å². The zero-order chi connectivity index (χ0) is 10.7. The molecule has 0 aliphatic carbocycles. The maximum atomic E-state index is 9.41. The average Bonchev–Trinajstić information content (AvgIpc) is 3.11. The van der Waals surface area contributed by atoms with Gasteiger partial charge in [-0.05, 0) is 11.5 Å². The van der Waals surface area contributed by atoms with Gasteiger partial charge in [-0.25, -0.2) is 0 Å². The number of phenols is 2. The van der Waals surface area contributed by atoms with Crippen molar-refractivity contribution >= 4 is 10.8 Å². The first-order valence-electron chi connectivity index (χ1n) is 4.76. The largest absolute Gasteiger partial charge is 0.504 e. The molecule has 3 rings (SSSR count). The Balaban J connectivity index is 0.000000244. The first kappa shape index (κ1) is 9.80. The second-order valence-electron chi connectivity index (χ2n) is 3.27. The molecule has 78 valence electrons. The maximum Gasteiger partial charge on any atom is 0.165 e. The fourth-order valence-electron chi connectivity index (χ4n) is 1.24. The van der Waals surface area contributed by atoms with E-state index in [-0.39, 0.29) is 11.5 Å². The van der Waals surface area contributed by atoms with Crippen molar-refractivity contribution in [2.24, 2.45) is 0 Å². The molecule has 1 heterocycles. The van der Waals surface area contributed by atoms with E-state index in [9.17, 15) is 5.11 Å². The van der Waals surface area contributed by atoms with Crippen molar-refractivity contribution in [2.75, 3.05) is 13.2 Å². The molecule has 0 aromatic heterocycles. The molecule has 1 fully saturated rings. The highest BCUT2D eigenvalue weighted by Gasteiger charge is 2.02. The molecule has 3 heteroatoms. The van der Waals surface area contributed by atoms with Crippen LogP contribution in [0.3, 0.4) is 0 Å². The van der Waals surface area contributed by atoms with E-state index in [0.29, 0.717) is 5.39 Å². The SMILES string of the molecule is C1CO1.Oc1ccc2ccccc2c1O. The number of phenolic OH excluding ortho intramolecular Hbond substituents is 2. The fraction of sp³-hybridized carbons (Fsp3) is 0.167. The molecule has 0 unspecified atom stereocenters. The molecule has 0 amide bonds. The molecule has 0 bridgehead atoms. The van der Waals surface area contributed by atoms with Crippen LogP contribution in [-0.2, 0) is 4.74 Å². The number of hydrogen-bond donors (Lipinski definition) is 2. The van der Waals surface area contributed by atoms with Gasteiger partial charge in [0.05, 0.1) is 13.2 Å². The first-order chi connectivity index (χ1) is 7.29. The lowest BCUT2D eigenvalue weighted by Crippen LogP contribution is -1.73. The van der Waals surface area contributed by atoms with E-state index in [1.165, 1.54) is 6.07 Å². The third-order valence-electron chi connectivity index (χ3n) is 2.08. The van der Waals surface area contributed by atoms with Gasteiger partial charge in [0.25, 0.3) is 0 Å². The fourth-order valence-corrected chi connectivity index (χ4v) is 1.24. The molecule has 0 spiro atoms. The minimum atomic E-state index is -0.0753. The molecule has 3 nitrogen and oxygen atoms in total. The third-order valence-corrected chi connectivity index (χ3v) is 2.08. The summed E-state index contributed by atoms with van der Waals surface area (Å²) in [5, 5.41) is 20.2. The number of fused-ring (bicyclic) bond motifs is 1. The van der Waals surface area contributed by atoms with Crippen LogP contribution in [0.1, 0.15) is 0 Å². The van der Waals surface area contributed by atoms with E-state index in [0.717, 1.165) is 18.6 Å². The van der Waals surface area contributed by atoms with Gasteiger partial charge in [0.15, 0.2) is 11.5 Å². The molecule has 2 aromatic carbocycles. The van der Waals surface area contributed by atoms with Crippen LogP contribution >= 0.6 is 0 Å². The van der Waals surface area contributed by atoms with Crippen molar-refractivity contribution in [1.29, 1.82) is 0 Å². The van der Waals surface area contributed by atoms with Crippen LogP contribution in [0.15, 0.2) is 36.4 Å². The zero-order valence-electron chi connectivity index (χ0n) is 8.18. The van der Waals surface area contributed by atoms with Gasteiger partial charge in [-0.1, -0.05) is 30.3 Å². The van der Waals surface area contributed by atoms with Gasteiger partial charge < -0.3 is 14.9 Å². The van der Waals surface area contributed by atoms with Crippen molar-refractivity contribution in [3.8, 4) is 11.5 Å². The van der Waals surface area contributed by atoms with Gasteiger partial charge >= 0.3 is 0 Å². The van der Waals surface area contributed by atoms with Gasteiger partial charge in [0.1, 0.15) is 0 Å².